The average Bonchev–Trinajstić information content (AvgIpc) is 3.05. The first-order chi connectivity index (χ1) is 14.4. The number of ether oxygens (including phenoxy) is 1. The molecule has 2 heterocycles. The summed E-state index contributed by atoms with van der Waals surface area (Å²) in [5.41, 5.74) is 4.37. The molecule has 0 aliphatic rings. The molecule has 0 saturated carbocycles. The van der Waals surface area contributed by atoms with E-state index in [0.717, 1.165) is 17.0 Å². The molecule has 30 heavy (non-hydrogen) atoms. The number of rotatable bonds is 5. The summed E-state index contributed by atoms with van der Waals surface area (Å²) in [5.74, 6) is 0.659. The number of benzene rings is 2. The van der Waals surface area contributed by atoms with Gasteiger partial charge < -0.3 is 10.1 Å². The lowest BCUT2D eigenvalue weighted by Crippen LogP contribution is -2.23. The van der Waals surface area contributed by atoms with E-state index in [1.807, 2.05) is 32.0 Å². The largest absolute Gasteiger partial charge is 0.457 e. The predicted octanol–water partition coefficient (Wildman–Crippen LogP) is 4.52. The van der Waals surface area contributed by atoms with Gasteiger partial charge in [0.25, 0.3) is 5.91 Å². The summed E-state index contributed by atoms with van der Waals surface area (Å²) in [6.45, 7) is 6.00. The van der Waals surface area contributed by atoms with E-state index >= 15 is 0 Å². The minimum atomic E-state index is -0.310. The fourth-order valence-electron chi connectivity index (χ4n) is 3.28. The van der Waals surface area contributed by atoms with Crippen molar-refractivity contribution < 1.29 is 13.9 Å². The Bertz CT molecular complexity index is 1210. The maximum atomic E-state index is 13.0. The summed E-state index contributed by atoms with van der Waals surface area (Å²) in [6, 6.07) is 15.1. The van der Waals surface area contributed by atoms with Crippen molar-refractivity contribution >= 4 is 11.6 Å². The summed E-state index contributed by atoms with van der Waals surface area (Å²) in [5, 5.41) is 7.37. The van der Waals surface area contributed by atoms with Crippen molar-refractivity contribution in [2.24, 2.45) is 0 Å². The van der Waals surface area contributed by atoms with Crippen LogP contribution in [0.5, 0.6) is 11.5 Å². The topological polar surface area (TPSA) is 68.5 Å². The fourth-order valence-corrected chi connectivity index (χ4v) is 3.28. The second kappa shape index (κ2) is 7.94. The van der Waals surface area contributed by atoms with Crippen molar-refractivity contribution in [3.8, 4) is 11.5 Å². The minimum Gasteiger partial charge on any atom is -0.457 e. The molecule has 2 aromatic heterocycles. The Balaban J connectivity index is 1.45. The molecule has 2 aromatic carbocycles. The Hall–Kier alpha value is -3.74. The van der Waals surface area contributed by atoms with Gasteiger partial charge in [-0.15, -0.1) is 0 Å². The van der Waals surface area contributed by atoms with Gasteiger partial charge >= 0.3 is 0 Å². The lowest BCUT2D eigenvalue weighted by Gasteiger charge is -2.08. The number of carbonyl (C=O) groups excluding carboxylic acids is 1. The second-order valence-corrected chi connectivity index (χ2v) is 7.12. The lowest BCUT2D eigenvalue weighted by atomic mass is 10.2. The highest BCUT2D eigenvalue weighted by Gasteiger charge is 2.19. The van der Waals surface area contributed by atoms with Gasteiger partial charge in [0.2, 0.25) is 0 Å². The van der Waals surface area contributed by atoms with E-state index in [2.05, 4.69) is 15.4 Å². The van der Waals surface area contributed by atoms with E-state index in [9.17, 15) is 9.18 Å². The van der Waals surface area contributed by atoms with Crippen LogP contribution < -0.4 is 10.1 Å². The SMILES string of the molecule is Cc1cc(C)n2nc(C)c(C(=O)NCc3ccc(Oc4ccc(F)cc4)cc3)c2n1. The highest BCUT2D eigenvalue weighted by atomic mass is 19.1. The van der Waals surface area contributed by atoms with Crippen LogP contribution in [0.2, 0.25) is 0 Å². The minimum absolute atomic E-state index is 0.216. The number of hydrogen-bond donors (Lipinski definition) is 1. The van der Waals surface area contributed by atoms with Crippen LogP contribution in [0.1, 0.15) is 33.0 Å². The highest BCUT2D eigenvalue weighted by Crippen LogP contribution is 2.22. The third-order valence-electron chi connectivity index (χ3n) is 4.72. The van der Waals surface area contributed by atoms with Crippen molar-refractivity contribution in [1.29, 1.82) is 0 Å². The first-order valence-corrected chi connectivity index (χ1v) is 9.55. The molecule has 0 aliphatic heterocycles. The maximum Gasteiger partial charge on any atom is 0.257 e. The maximum absolute atomic E-state index is 13.0. The molecule has 0 bridgehead atoms. The third-order valence-corrected chi connectivity index (χ3v) is 4.72. The summed E-state index contributed by atoms with van der Waals surface area (Å²) >= 11 is 0. The van der Waals surface area contributed by atoms with E-state index in [0.29, 0.717) is 34.9 Å². The molecular weight excluding hydrogens is 383 g/mol. The fraction of sp³-hybridized carbons (Fsp3) is 0.174. The van der Waals surface area contributed by atoms with Crippen molar-refractivity contribution in [3.63, 3.8) is 0 Å². The Morgan fingerprint density at radius 3 is 2.33 bits per heavy atom. The zero-order valence-corrected chi connectivity index (χ0v) is 16.9. The van der Waals surface area contributed by atoms with E-state index in [1.165, 1.54) is 12.1 Å². The van der Waals surface area contributed by atoms with Crippen LogP contribution in [-0.2, 0) is 6.54 Å². The molecule has 152 valence electrons. The first kappa shape index (κ1) is 19.6. The quantitative estimate of drug-likeness (QED) is 0.531. The molecule has 4 aromatic rings. The van der Waals surface area contributed by atoms with Gasteiger partial charge in [0.15, 0.2) is 5.65 Å². The molecule has 0 unspecified atom stereocenters. The molecular formula is C23H21FN4O2. The van der Waals surface area contributed by atoms with Crippen LogP contribution in [0, 0.1) is 26.6 Å². The number of nitrogens with one attached hydrogen (secondary N) is 1. The van der Waals surface area contributed by atoms with Crippen molar-refractivity contribution in [3.05, 3.63) is 88.6 Å². The molecule has 1 amide bonds. The number of aryl methyl sites for hydroxylation is 3. The number of halogens is 1. The molecule has 4 rings (SSSR count). The Morgan fingerprint density at radius 2 is 1.67 bits per heavy atom. The Labute approximate surface area is 173 Å². The van der Waals surface area contributed by atoms with Crippen LogP contribution >= 0.6 is 0 Å². The zero-order valence-electron chi connectivity index (χ0n) is 16.9. The van der Waals surface area contributed by atoms with Crippen LogP contribution in [0.4, 0.5) is 4.39 Å². The number of hydrogen-bond acceptors (Lipinski definition) is 4. The Kier molecular flexibility index (Phi) is 5.18. The molecule has 0 atom stereocenters. The summed E-state index contributed by atoms with van der Waals surface area (Å²) in [6.07, 6.45) is 0. The van der Waals surface area contributed by atoms with Gasteiger partial charge in [-0.3, -0.25) is 4.79 Å². The van der Waals surface area contributed by atoms with Crippen LogP contribution in [0.15, 0.2) is 54.6 Å². The lowest BCUT2D eigenvalue weighted by molar-refractivity contribution is 0.0951. The van der Waals surface area contributed by atoms with Crippen molar-refractivity contribution in [2.75, 3.05) is 0 Å². The van der Waals surface area contributed by atoms with Crippen LogP contribution in [0.3, 0.4) is 0 Å². The predicted molar refractivity (Wildman–Crippen MR) is 111 cm³/mol. The van der Waals surface area contributed by atoms with E-state index < -0.39 is 0 Å². The van der Waals surface area contributed by atoms with Gasteiger partial charge in [0, 0.05) is 17.9 Å². The van der Waals surface area contributed by atoms with Gasteiger partial charge in [-0.25, -0.2) is 13.9 Å². The molecule has 0 fully saturated rings. The summed E-state index contributed by atoms with van der Waals surface area (Å²) in [7, 11) is 0. The number of amides is 1. The molecule has 0 spiro atoms. The zero-order chi connectivity index (χ0) is 21.3. The number of nitrogens with zero attached hydrogens (tertiary/aromatic N) is 3. The van der Waals surface area contributed by atoms with Gasteiger partial charge in [0.1, 0.15) is 22.9 Å². The second-order valence-electron chi connectivity index (χ2n) is 7.12. The van der Waals surface area contributed by atoms with Gasteiger partial charge in [0.05, 0.1) is 5.69 Å². The normalized spacial score (nSPS) is 10.9. The van der Waals surface area contributed by atoms with Crippen LogP contribution in [-0.4, -0.2) is 20.5 Å². The monoisotopic (exact) mass is 404 g/mol. The molecule has 0 radical (unpaired) electrons. The number of carbonyl (C=O) groups is 1. The first-order valence-electron chi connectivity index (χ1n) is 9.55. The Morgan fingerprint density at radius 1 is 1.03 bits per heavy atom. The molecule has 0 saturated heterocycles. The summed E-state index contributed by atoms with van der Waals surface area (Å²) in [4.78, 5) is 17.3. The summed E-state index contributed by atoms with van der Waals surface area (Å²) < 4.78 is 20.4. The molecule has 0 aliphatic carbocycles. The number of aromatic nitrogens is 3. The highest BCUT2D eigenvalue weighted by molar-refractivity contribution is 6.01. The molecule has 1 N–H and O–H groups in total. The van der Waals surface area contributed by atoms with Crippen molar-refractivity contribution in [1.82, 2.24) is 19.9 Å². The third kappa shape index (κ3) is 4.00. The van der Waals surface area contributed by atoms with Crippen LogP contribution in [0.25, 0.3) is 5.65 Å². The molecule has 7 heteroatoms. The average molecular weight is 404 g/mol. The van der Waals surface area contributed by atoms with Gasteiger partial charge in [-0.2, -0.15) is 5.10 Å². The van der Waals surface area contributed by atoms with E-state index in [1.54, 1.807) is 35.7 Å². The van der Waals surface area contributed by atoms with Crippen molar-refractivity contribution in [2.45, 2.75) is 27.3 Å². The standard InChI is InChI=1S/C23H21FN4O2/c1-14-12-15(2)28-22(26-14)21(16(3)27-28)23(29)25-13-17-4-8-19(9-5-17)30-20-10-6-18(24)7-11-20/h4-12H,13H2,1-3H3,(H,25,29). The smallest absolute Gasteiger partial charge is 0.257 e. The van der Waals surface area contributed by atoms with Gasteiger partial charge in [-0.05, 0) is 68.8 Å². The van der Waals surface area contributed by atoms with Gasteiger partial charge in [-0.1, -0.05) is 12.1 Å². The number of fused-ring (bicyclic) bond motifs is 1. The molecule has 6 nitrogen and oxygen atoms in total. The van der Waals surface area contributed by atoms with E-state index in [-0.39, 0.29) is 11.7 Å². The van der Waals surface area contributed by atoms with E-state index in [4.69, 9.17) is 4.74 Å².